The predicted octanol–water partition coefficient (Wildman–Crippen LogP) is 1.22. The zero-order valence-electron chi connectivity index (χ0n) is 14.5. The number of rotatable bonds is 7. The summed E-state index contributed by atoms with van der Waals surface area (Å²) in [4.78, 5) is 33.8. The number of aromatic nitrogens is 2. The van der Waals surface area contributed by atoms with Crippen molar-refractivity contribution in [1.82, 2.24) is 15.6 Å². The quantitative estimate of drug-likeness (QED) is 0.394. The number of amides is 2. The average molecular weight is 406 g/mol. The van der Waals surface area contributed by atoms with Crippen LogP contribution in [0, 0.1) is 10.1 Å². The molecule has 1 aliphatic heterocycles. The van der Waals surface area contributed by atoms with Crippen LogP contribution in [-0.2, 0) is 16.0 Å². The summed E-state index contributed by atoms with van der Waals surface area (Å²) in [6.07, 6.45) is 1.33. The molecule has 2 heterocycles. The lowest BCUT2D eigenvalue weighted by Gasteiger charge is -2.01. The molecule has 0 aliphatic carbocycles. The van der Waals surface area contributed by atoms with E-state index in [9.17, 15) is 19.7 Å². The second kappa shape index (κ2) is 8.39. The summed E-state index contributed by atoms with van der Waals surface area (Å²) in [5.41, 5.74) is 2.18. The van der Waals surface area contributed by atoms with E-state index in [-0.39, 0.29) is 36.1 Å². The van der Waals surface area contributed by atoms with Gasteiger partial charge in [-0.1, -0.05) is 18.3 Å². The minimum atomic E-state index is -0.585. The van der Waals surface area contributed by atoms with Gasteiger partial charge in [0.25, 0.3) is 5.69 Å². The number of hydrogen-bond acceptors (Lipinski definition) is 10. The number of nitrogens with one attached hydrogen (secondary N) is 2. The standard InChI is InChI=1S/C15H14N6O6S/c1-2-12(22)17-15-20-19-14(28-15)5-13(23)18-16-6-8-3-10-11(27-7-26-10)4-9(8)21(24)25/h3-4,6H,2,5,7H2,1H3,(H,18,23)(H,17,20,22)/b16-6-. The smallest absolute Gasteiger partial charge is 0.282 e. The summed E-state index contributed by atoms with van der Waals surface area (Å²) >= 11 is 1.07. The number of carbonyl (C=O) groups excluding carboxylic acids is 2. The van der Waals surface area contributed by atoms with E-state index in [0.29, 0.717) is 22.3 Å². The van der Waals surface area contributed by atoms with Gasteiger partial charge in [0.2, 0.25) is 23.7 Å². The fourth-order valence-electron chi connectivity index (χ4n) is 2.14. The van der Waals surface area contributed by atoms with Crippen molar-refractivity contribution >= 4 is 40.2 Å². The highest BCUT2D eigenvalue weighted by Crippen LogP contribution is 2.37. The van der Waals surface area contributed by atoms with E-state index in [1.807, 2.05) is 0 Å². The Morgan fingerprint density at radius 2 is 2.07 bits per heavy atom. The molecule has 0 spiro atoms. The van der Waals surface area contributed by atoms with Crippen LogP contribution in [0.4, 0.5) is 10.8 Å². The Hall–Kier alpha value is -3.61. The number of fused-ring (bicyclic) bond motifs is 1. The second-order valence-corrected chi connectivity index (χ2v) is 6.46. The van der Waals surface area contributed by atoms with E-state index in [0.717, 1.165) is 17.6 Å². The molecule has 2 aromatic rings. The Labute approximate surface area is 161 Å². The first-order valence-electron chi connectivity index (χ1n) is 7.98. The molecule has 146 valence electrons. The Balaban J connectivity index is 1.61. The molecule has 0 saturated carbocycles. The van der Waals surface area contributed by atoms with Crippen molar-refractivity contribution in [3.63, 3.8) is 0 Å². The van der Waals surface area contributed by atoms with Gasteiger partial charge >= 0.3 is 0 Å². The Morgan fingerprint density at radius 3 is 2.79 bits per heavy atom. The van der Waals surface area contributed by atoms with Crippen LogP contribution >= 0.6 is 11.3 Å². The number of anilines is 1. The SMILES string of the molecule is CCC(=O)Nc1nnc(CC(=O)N/N=C\c2cc3c(cc2[N+](=O)[O-])OCO3)s1. The lowest BCUT2D eigenvalue weighted by atomic mass is 10.1. The van der Waals surface area contributed by atoms with Crippen molar-refractivity contribution in [2.75, 3.05) is 12.1 Å². The highest BCUT2D eigenvalue weighted by molar-refractivity contribution is 7.15. The zero-order valence-corrected chi connectivity index (χ0v) is 15.3. The molecule has 0 saturated heterocycles. The normalized spacial score (nSPS) is 12.2. The molecule has 2 amide bonds. The third-order valence-electron chi connectivity index (χ3n) is 3.46. The number of carbonyl (C=O) groups is 2. The molecule has 0 bridgehead atoms. The van der Waals surface area contributed by atoms with Crippen molar-refractivity contribution < 1.29 is 24.0 Å². The van der Waals surface area contributed by atoms with Gasteiger partial charge < -0.3 is 14.8 Å². The van der Waals surface area contributed by atoms with Gasteiger partial charge in [-0.15, -0.1) is 10.2 Å². The third kappa shape index (κ3) is 4.56. The third-order valence-corrected chi connectivity index (χ3v) is 4.30. The number of ether oxygens (including phenoxy) is 2. The van der Waals surface area contributed by atoms with E-state index >= 15 is 0 Å². The summed E-state index contributed by atoms with van der Waals surface area (Å²) in [7, 11) is 0. The molecule has 3 rings (SSSR count). The number of nitrogens with zero attached hydrogens (tertiary/aromatic N) is 4. The molecular formula is C15H14N6O6S. The lowest BCUT2D eigenvalue weighted by Crippen LogP contribution is -2.19. The molecule has 1 aromatic carbocycles. The van der Waals surface area contributed by atoms with Gasteiger partial charge in [0.1, 0.15) is 5.01 Å². The first kappa shape index (κ1) is 19.2. The van der Waals surface area contributed by atoms with E-state index in [2.05, 4.69) is 26.0 Å². The molecule has 12 nitrogen and oxygen atoms in total. The van der Waals surface area contributed by atoms with Gasteiger partial charge in [0.15, 0.2) is 11.5 Å². The van der Waals surface area contributed by atoms with E-state index in [1.54, 1.807) is 6.92 Å². The van der Waals surface area contributed by atoms with Crippen LogP contribution < -0.4 is 20.2 Å². The molecule has 0 unspecified atom stereocenters. The van der Waals surface area contributed by atoms with E-state index in [4.69, 9.17) is 9.47 Å². The number of benzene rings is 1. The van der Waals surface area contributed by atoms with Crippen molar-refractivity contribution in [3.8, 4) is 11.5 Å². The Kier molecular flexibility index (Phi) is 5.74. The summed E-state index contributed by atoms with van der Waals surface area (Å²) in [5, 5.41) is 25.7. The molecule has 28 heavy (non-hydrogen) atoms. The zero-order chi connectivity index (χ0) is 20.1. The van der Waals surface area contributed by atoms with Gasteiger partial charge in [-0.3, -0.25) is 19.7 Å². The van der Waals surface area contributed by atoms with Crippen LogP contribution in [0.5, 0.6) is 11.5 Å². The van der Waals surface area contributed by atoms with E-state index < -0.39 is 10.8 Å². The summed E-state index contributed by atoms with van der Waals surface area (Å²) < 4.78 is 10.3. The topological polar surface area (TPSA) is 158 Å². The maximum absolute atomic E-state index is 11.9. The fourth-order valence-corrected chi connectivity index (χ4v) is 2.90. The van der Waals surface area contributed by atoms with Crippen LogP contribution in [-0.4, -0.2) is 39.9 Å². The highest BCUT2D eigenvalue weighted by Gasteiger charge is 2.22. The average Bonchev–Trinajstić information content (AvgIpc) is 3.29. The molecule has 0 atom stereocenters. The van der Waals surface area contributed by atoms with Gasteiger partial charge in [-0.2, -0.15) is 5.10 Å². The molecule has 0 fully saturated rings. The minimum absolute atomic E-state index is 0.0215. The summed E-state index contributed by atoms with van der Waals surface area (Å²) in [6, 6.07) is 2.64. The second-order valence-electron chi connectivity index (χ2n) is 5.39. The molecule has 0 radical (unpaired) electrons. The number of hydrazone groups is 1. The van der Waals surface area contributed by atoms with Crippen LogP contribution in [0.2, 0.25) is 0 Å². The van der Waals surface area contributed by atoms with Crippen LogP contribution in [0.15, 0.2) is 17.2 Å². The number of hydrogen-bond donors (Lipinski definition) is 2. The summed E-state index contributed by atoms with van der Waals surface area (Å²) in [5.74, 6) is -0.0738. The Bertz CT molecular complexity index is 958. The largest absolute Gasteiger partial charge is 0.454 e. The molecule has 1 aliphatic rings. The number of nitro groups is 1. The Morgan fingerprint density at radius 1 is 1.32 bits per heavy atom. The van der Waals surface area contributed by atoms with Gasteiger partial charge in [-0.05, 0) is 6.07 Å². The van der Waals surface area contributed by atoms with Crippen LogP contribution in [0.25, 0.3) is 0 Å². The molecule has 13 heteroatoms. The van der Waals surface area contributed by atoms with E-state index in [1.165, 1.54) is 12.1 Å². The first-order valence-corrected chi connectivity index (χ1v) is 8.80. The molecule has 1 aromatic heterocycles. The maximum atomic E-state index is 11.9. The first-order chi connectivity index (χ1) is 13.5. The summed E-state index contributed by atoms with van der Waals surface area (Å²) in [6.45, 7) is 1.68. The highest BCUT2D eigenvalue weighted by atomic mass is 32.1. The van der Waals surface area contributed by atoms with Crippen molar-refractivity contribution in [3.05, 3.63) is 32.8 Å². The van der Waals surface area contributed by atoms with Gasteiger partial charge in [-0.25, -0.2) is 5.43 Å². The van der Waals surface area contributed by atoms with Gasteiger partial charge in [0, 0.05) is 6.42 Å². The minimum Gasteiger partial charge on any atom is -0.454 e. The monoisotopic (exact) mass is 406 g/mol. The molecular weight excluding hydrogens is 392 g/mol. The van der Waals surface area contributed by atoms with Gasteiger partial charge in [0.05, 0.1) is 29.2 Å². The fraction of sp³-hybridized carbons (Fsp3) is 0.267. The molecule has 2 N–H and O–H groups in total. The lowest BCUT2D eigenvalue weighted by molar-refractivity contribution is -0.385. The van der Waals surface area contributed by atoms with Crippen molar-refractivity contribution in [2.24, 2.45) is 5.10 Å². The van der Waals surface area contributed by atoms with Crippen molar-refractivity contribution in [2.45, 2.75) is 19.8 Å². The predicted molar refractivity (Wildman–Crippen MR) is 97.5 cm³/mol. The maximum Gasteiger partial charge on any atom is 0.282 e. The van der Waals surface area contributed by atoms with Crippen LogP contribution in [0.1, 0.15) is 23.9 Å². The van der Waals surface area contributed by atoms with Crippen LogP contribution in [0.3, 0.4) is 0 Å². The number of nitro benzene ring substituents is 1. The van der Waals surface area contributed by atoms with Crippen molar-refractivity contribution in [1.29, 1.82) is 0 Å².